The van der Waals surface area contributed by atoms with E-state index >= 15 is 38.4 Å². The van der Waals surface area contributed by atoms with Crippen LogP contribution in [0.25, 0.3) is 21.8 Å². The average molecular weight is 1900 g/mol. The van der Waals surface area contributed by atoms with Gasteiger partial charge in [0.05, 0.1) is 43.5 Å². The van der Waals surface area contributed by atoms with E-state index in [-0.39, 0.29) is 95.3 Å². The molecule has 3 aliphatic rings. The Morgan fingerprint density at radius 3 is 1.68 bits per heavy atom. The quantitative estimate of drug-likeness (QED) is 0.0144. The first-order chi connectivity index (χ1) is 64.4. The van der Waals surface area contributed by atoms with Crippen molar-refractivity contribution in [1.29, 1.82) is 5.41 Å². The molecule has 135 heavy (non-hydrogen) atoms. The van der Waals surface area contributed by atoms with Crippen LogP contribution in [0.1, 0.15) is 141 Å². The van der Waals surface area contributed by atoms with Crippen molar-refractivity contribution in [3.8, 4) is 0 Å². The maximum atomic E-state index is 15.8. The van der Waals surface area contributed by atoms with Gasteiger partial charge in [0.25, 0.3) is 0 Å². The molecule has 7 heterocycles. The molecule has 44 nitrogen and oxygen atoms in total. The number of amides is 17. The smallest absolute Gasteiger partial charge is 0.246 e. The van der Waals surface area contributed by atoms with Crippen LogP contribution in [0.15, 0.2) is 97.8 Å². The Morgan fingerprint density at radius 1 is 0.541 bits per heavy atom. The van der Waals surface area contributed by atoms with E-state index in [4.69, 9.17) is 22.6 Å². The van der Waals surface area contributed by atoms with Crippen molar-refractivity contribution in [3.05, 3.63) is 120 Å². The van der Waals surface area contributed by atoms with Gasteiger partial charge >= 0.3 is 0 Å². The van der Waals surface area contributed by atoms with Crippen molar-refractivity contribution in [2.45, 2.75) is 234 Å². The Hall–Kier alpha value is -13.6. The summed E-state index contributed by atoms with van der Waals surface area (Å²) < 4.78 is 0. The molecule has 1 unspecified atom stereocenters. The minimum atomic E-state index is -1.89. The fraction of sp³-hybridized carbons (Fsp3) is 0.533. The monoisotopic (exact) mass is 1890 g/mol. The third kappa shape index (κ3) is 29.5. The van der Waals surface area contributed by atoms with Crippen LogP contribution >= 0.6 is 11.8 Å². The van der Waals surface area contributed by atoms with Crippen LogP contribution in [0.2, 0.25) is 0 Å². The van der Waals surface area contributed by atoms with Gasteiger partial charge in [-0.25, -0.2) is 4.98 Å². The van der Waals surface area contributed by atoms with Gasteiger partial charge in [0.2, 0.25) is 100 Å². The number of para-hydroxylation sites is 2. The number of nitrogens with zero attached hydrogens (tertiary/aromatic N) is 7. The average Bonchev–Trinajstić information content (AvgIpc) is 1.72. The number of imidazole rings is 1. The van der Waals surface area contributed by atoms with Gasteiger partial charge in [-0.1, -0.05) is 95.8 Å². The van der Waals surface area contributed by atoms with Crippen molar-refractivity contribution < 1.29 is 91.7 Å². The first-order valence-corrected chi connectivity index (χ1v) is 46.5. The molecule has 0 saturated carbocycles. The molecule has 0 bridgehead atoms. The predicted octanol–water partition coefficient (Wildman–Crippen LogP) is -3.24. The number of H-pyrrole nitrogens is 3. The zero-order chi connectivity index (χ0) is 98.4. The molecule has 3 aliphatic heterocycles. The van der Waals surface area contributed by atoms with E-state index in [1.807, 2.05) is 13.8 Å². The second-order valence-corrected chi connectivity index (χ2v) is 35.6. The number of carbonyl (C=O) groups is 17. The number of likely N-dealkylation sites (N-methyl/N-ethyl adjacent to an activating group) is 3. The van der Waals surface area contributed by atoms with Gasteiger partial charge in [-0.05, 0) is 93.2 Å². The molecule has 17 amide bonds. The fourth-order valence-corrected chi connectivity index (χ4v) is 17.5. The molecule has 45 heteroatoms. The van der Waals surface area contributed by atoms with Gasteiger partial charge in [0, 0.05) is 131 Å². The van der Waals surface area contributed by atoms with Crippen LogP contribution in [0.4, 0.5) is 0 Å². The molecule has 2 aromatic carbocycles. The molecule has 3 saturated heterocycles. The van der Waals surface area contributed by atoms with Crippen molar-refractivity contribution in [2.75, 3.05) is 65.4 Å². The number of aliphatic hydroxyl groups is 2. The molecule has 6 aromatic rings. The first-order valence-electron chi connectivity index (χ1n) is 45.3. The zero-order valence-corrected chi connectivity index (χ0v) is 77.9. The van der Waals surface area contributed by atoms with Crippen molar-refractivity contribution in [3.63, 3.8) is 0 Å². The minimum absolute atomic E-state index is 0.00791. The van der Waals surface area contributed by atoms with Gasteiger partial charge in [0.15, 0.2) is 5.96 Å². The number of nitrogens with two attached hydrogens (primary N) is 3. The number of aromatic nitrogens is 5. The number of unbranched alkanes of at least 4 members (excludes halogenated alkanes) is 2. The Labute approximate surface area is 784 Å². The molecule has 0 aliphatic carbocycles. The number of guanidine groups is 1. The maximum absolute atomic E-state index is 15.8. The SMILES string of the molecule is CCCC[C@H]1C(=O)N(C)[C@@H](CCCC)C(=O)N[C@@H](CCCNC(=N)N)C(=O)N[C@H](C(=O)NCC(N)=O)CSCC(=O)N[C@@H](Cc2ccccn2)C(=O)N(C)[C@@H](C)C(=O)N[C@@H](CC(N)=O)C(=O)N2CCC[C@H]2C(=O)N[C@@H](Cc2c[nH]cn2)C(=O)N[C@@H](CC(C)C)C(=O)N2C[C@H](O)CC2C(=O)N[C@@H](Cc2c[nH]c3ccccc23)C(=O)N[C@@H](CO)C(=O)N[C@@H](Cc2c[nH]c3ccccc23)C(=O)N1C. The predicted molar refractivity (Wildman–Crippen MR) is 496 cm³/mol. The maximum Gasteiger partial charge on any atom is 0.246 e. The molecular weight excluding hydrogens is 1770 g/mol. The molecular formula is C90H127N25O19S. The lowest BCUT2D eigenvalue weighted by Crippen LogP contribution is -2.62. The number of primary amides is 2. The van der Waals surface area contributed by atoms with Crippen molar-refractivity contribution in [1.82, 2.24) is 108 Å². The second-order valence-electron chi connectivity index (χ2n) is 34.6. The number of benzene rings is 2. The number of hydrogen-bond donors (Lipinski definition) is 20. The van der Waals surface area contributed by atoms with Crippen LogP contribution < -0.4 is 75.7 Å². The molecule has 15 atom stereocenters. The molecule has 3 fully saturated rings. The fourth-order valence-electron chi connectivity index (χ4n) is 16.6. The summed E-state index contributed by atoms with van der Waals surface area (Å²) in [7, 11) is 3.92. The summed E-state index contributed by atoms with van der Waals surface area (Å²) in [5.41, 5.74) is 19.6. The highest BCUT2D eigenvalue weighted by Gasteiger charge is 2.47. The van der Waals surface area contributed by atoms with Gasteiger partial charge in [-0.15, -0.1) is 11.8 Å². The topological polar surface area (TPSA) is 654 Å². The molecule has 23 N–H and O–H groups in total. The summed E-state index contributed by atoms with van der Waals surface area (Å²) in [4.78, 5) is 274. The number of aromatic amines is 3. The number of nitrogens with one attached hydrogen (secondary N) is 15. The van der Waals surface area contributed by atoms with E-state index in [0.717, 1.165) is 36.3 Å². The number of hydrogen-bond acceptors (Lipinski definition) is 23. The van der Waals surface area contributed by atoms with E-state index < -0.39 is 241 Å². The van der Waals surface area contributed by atoms with E-state index in [0.29, 0.717) is 64.3 Å². The van der Waals surface area contributed by atoms with Crippen LogP contribution in [0, 0.1) is 11.3 Å². The third-order valence-corrected chi connectivity index (χ3v) is 25.1. The van der Waals surface area contributed by atoms with Crippen LogP contribution in [-0.2, 0) is 107 Å². The number of fused-ring (bicyclic) bond motifs is 4. The van der Waals surface area contributed by atoms with E-state index in [2.05, 4.69) is 83.4 Å². The summed E-state index contributed by atoms with van der Waals surface area (Å²) in [5.74, 6) is -17.7. The van der Waals surface area contributed by atoms with E-state index in [1.54, 1.807) is 93.0 Å². The Kier molecular flexibility index (Phi) is 39.3. The van der Waals surface area contributed by atoms with Gasteiger partial charge in [-0.2, -0.15) is 0 Å². The van der Waals surface area contributed by atoms with Gasteiger partial charge in [0.1, 0.15) is 84.6 Å². The van der Waals surface area contributed by atoms with Crippen LogP contribution in [-0.4, -0.2) is 322 Å². The van der Waals surface area contributed by atoms with Crippen LogP contribution in [0.3, 0.4) is 0 Å². The highest BCUT2D eigenvalue weighted by Crippen LogP contribution is 2.28. The van der Waals surface area contributed by atoms with Gasteiger partial charge in [-0.3, -0.25) is 91.9 Å². The lowest BCUT2D eigenvalue weighted by molar-refractivity contribution is -0.149. The molecule has 0 radical (unpaired) electrons. The summed E-state index contributed by atoms with van der Waals surface area (Å²) in [6.07, 6.45) is 5.23. The normalized spacial score (nSPS) is 24.8. The Morgan fingerprint density at radius 2 is 1.08 bits per heavy atom. The summed E-state index contributed by atoms with van der Waals surface area (Å²) in [6.45, 7) is 6.06. The number of aliphatic hydroxyl groups excluding tert-OH is 2. The third-order valence-electron chi connectivity index (χ3n) is 24.1. The minimum Gasteiger partial charge on any atom is -0.394 e. The lowest BCUT2D eigenvalue weighted by atomic mass is 10.00. The number of thioether (sulfide) groups is 1. The number of pyridine rings is 1. The molecule has 4 aromatic heterocycles. The summed E-state index contributed by atoms with van der Waals surface area (Å²) >= 11 is 0.775. The zero-order valence-electron chi connectivity index (χ0n) is 77.1. The highest BCUT2D eigenvalue weighted by atomic mass is 32.2. The summed E-state index contributed by atoms with van der Waals surface area (Å²) in [5, 5.41) is 60.9. The van der Waals surface area contributed by atoms with Crippen molar-refractivity contribution >= 4 is 140 Å². The largest absolute Gasteiger partial charge is 0.394 e. The first kappa shape index (κ1) is 105. The second kappa shape index (κ2) is 50.5. The lowest BCUT2D eigenvalue weighted by Gasteiger charge is -2.36. The van der Waals surface area contributed by atoms with Crippen molar-refractivity contribution in [2.24, 2.45) is 23.1 Å². The standard InChI is InChI=1S/C90H127N25O19S/c1-9-11-27-69-82(127)103-60(26-19-31-97-90(93)94)78(123)110-68(77(122)100-43-74(92)119)46-135-47-75(120)102-65(36-53-21-17-18-30-96-53)85(130)111(6)50(5)76(121)106-66(39-73(91)118)87(132)114-32-20-29-70(114)83(128)105-62(37-54-42-95-48-101-54)80(125)107-63(33-49(3)4)88(133)115-44-55(117)38-72(115)84(129)104-61(34-51-40-98-58-24-15-13-22-56(51)58)79(124)109-67(45-116)81(126)108-64(35-52-41-99-59-25-16-14-23-57(52)59)86(131)113(8)71(28-12-10-2)89(134)112(69)7/h13-18,21-25,30,40-42,48-50,55,60-72,98-99,116-117H,9-12,19-20,26-29,31-39,43-47H2,1-8H3,(H2,91,118)(H2,92,119)(H,95,101)(H,100,122)(H,102,120)(H,103,127)(H,104,129)(H,105,128)(H,106,121)(H,107,125)(H,108,126)(H,109,124)(H,110,123)(H4,93,94,97)/t50-,55+,60-,61-,62-,63-,64-,65-,66-,67-,68-,69-,70-,71-,72?/m0/s1. The molecule has 732 valence electrons. The Bertz CT molecular complexity index is 5190. The van der Waals surface area contributed by atoms with E-state index in [9.17, 15) is 53.4 Å². The van der Waals surface area contributed by atoms with Gasteiger partial charge < -0.3 is 125 Å². The number of rotatable bonds is 26. The van der Waals surface area contributed by atoms with E-state index in [1.165, 1.54) is 46.8 Å². The summed E-state index contributed by atoms with van der Waals surface area (Å²) in [6, 6.07) is -2.93. The highest BCUT2D eigenvalue weighted by molar-refractivity contribution is 8.00. The number of carbonyl (C=O) groups excluding carboxylic acids is 17. The molecule has 0 spiro atoms. The Balaban J connectivity index is 1.10. The van der Waals surface area contributed by atoms with Crippen LogP contribution in [0.5, 0.6) is 0 Å². The molecule has 9 rings (SSSR count).